The SMILES string of the molecule is Cc1cnccc1N1CCC(C(=O)Nc2nc3cc(F)c(F)cc3[nH]2)CC1. The number of aromatic nitrogens is 3. The molecule has 2 aromatic heterocycles. The van der Waals surface area contributed by atoms with E-state index in [9.17, 15) is 13.6 Å². The Balaban J connectivity index is 1.40. The van der Waals surface area contributed by atoms with E-state index < -0.39 is 11.6 Å². The fourth-order valence-electron chi connectivity index (χ4n) is 3.49. The number of imidazole rings is 1. The normalized spacial score (nSPS) is 15.3. The fourth-order valence-corrected chi connectivity index (χ4v) is 3.49. The van der Waals surface area contributed by atoms with Gasteiger partial charge in [0.15, 0.2) is 11.6 Å². The highest BCUT2D eigenvalue weighted by molar-refractivity contribution is 5.92. The zero-order valence-electron chi connectivity index (χ0n) is 14.8. The first-order valence-electron chi connectivity index (χ1n) is 8.82. The first-order valence-corrected chi connectivity index (χ1v) is 8.82. The van der Waals surface area contributed by atoms with Gasteiger partial charge in [-0.2, -0.15) is 0 Å². The van der Waals surface area contributed by atoms with E-state index >= 15 is 0 Å². The summed E-state index contributed by atoms with van der Waals surface area (Å²) in [5.41, 5.74) is 2.87. The lowest BCUT2D eigenvalue weighted by molar-refractivity contribution is -0.120. The van der Waals surface area contributed by atoms with Crippen LogP contribution in [0.4, 0.5) is 20.4 Å². The summed E-state index contributed by atoms with van der Waals surface area (Å²) in [7, 11) is 0. The number of aromatic amines is 1. The van der Waals surface area contributed by atoms with Crippen LogP contribution in [0.3, 0.4) is 0 Å². The average molecular weight is 371 g/mol. The molecule has 140 valence electrons. The van der Waals surface area contributed by atoms with Crippen LogP contribution in [0.5, 0.6) is 0 Å². The molecule has 1 aliphatic heterocycles. The second-order valence-corrected chi connectivity index (χ2v) is 6.78. The maximum atomic E-state index is 13.3. The summed E-state index contributed by atoms with van der Waals surface area (Å²) >= 11 is 0. The molecule has 0 atom stereocenters. The lowest BCUT2D eigenvalue weighted by atomic mass is 9.95. The monoisotopic (exact) mass is 371 g/mol. The minimum Gasteiger partial charge on any atom is -0.371 e. The van der Waals surface area contributed by atoms with E-state index in [4.69, 9.17) is 0 Å². The van der Waals surface area contributed by atoms with E-state index in [1.807, 2.05) is 19.2 Å². The number of carbonyl (C=O) groups excluding carboxylic acids is 1. The highest BCUT2D eigenvalue weighted by atomic mass is 19.2. The molecule has 0 radical (unpaired) electrons. The highest BCUT2D eigenvalue weighted by Gasteiger charge is 2.26. The number of hydrogen-bond donors (Lipinski definition) is 2. The maximum Gasteiger partial charge on any atom is 0.229 e. The molecule has 0 unspecified atom stereocenters. The van der Waals surface area contributed by atoms with Crippen molar-refractivity contribution in [3.8, 4) is 0 Å². The van der Waals surface area contributed by atoms with Gasteiger partial charge in [-0.1, -0.05) is 0 Å². The summed E-state index contributed by atoms with van der Waals surface area (Å²) in [6.07, 6.45) is 5.05. The van der Waals surface area contributed by atoms with Crippen LogP contribution in [-0.4, -0.2) is 33.9 Å². The van der Waals surface area contributed by atoms with Crippen LogP contribution < -0.4 is 10.2 Å². The number of aryl methyl sites for hydroxylation is 1. The third-order valence-electron chi connectivity index (χ3n) is 4.96. The molecule has 3 aromatic rings. The smallest absolute Gasteiger partial charge is 0.229 e. The van der Waals surface area contributed by atoms with Crippen LogP contribution in [0.2, 0.25) is 0 Å². The van der Waals surface area contributed by atoms with Gasteiger partial charge in [-0.25, -0.2) is 13.8 Å². The lowest BCUT2D eigenvalue weighted by Gasteiger charge is -2.33. The Labute approximate surface area is 154 Å². The molecule has 1 aromatic carbocycles. The van der Waals surface area contributed by atoms with Crippen molar-refractivity contribution < 1.29 is 13.6 Å². The molecule has 8 heteroatoms. The van der Waals surface area contributed by atoms with Crippen molar-refractivity contribution in [1.82, 2.24) is 15.0 Å². The van der Waals surface area contributed by atoms with Gasteiger partial charge in [0, 0.05) is 49.2 Å². The fraction of sp³-hybridized carbons (Fsp3) is 0.316. The Morgan fingerprint density at radius 3 is 2.74 bits per heavy atom. The van der Waals surface area contributed by atoms with E-state index in [0.29, 0.717) is 5.52 Å². The minimum atomic E-state index is -0.967. The van der Waals surface area contributed by atoms with Crippen molar-refractivity contribution in [3.63, 3.8) is 0 Å². The second kappa shape index (κ2) is 6.94. The summed E-state index contributed by atoms with van der Waals surface area (Å²) in [5, 5.41) is 2.73. The Hall–Kier alpha value is -3.03. The third kappa shape index (κ3) is 3.47. The third-order valence-corrected chi connectivity index (χ3v) is 4.96. The van der Waals surface area contributed by atoms with Gasteiger partial charge < -0.3 is 9.88 Å². The molecule has 2 N–H and O–H groups in total. The number of H-pyrrole nitrogens is 1. The number of amides is 1. The maximum absolute atomic E-state index is 13.3. The van der Waals surface area contributed by atoms with Crippen molar-refractivity contribution in [2.75, 3.05) is 23.3 Å². The predicted molar refractivity (Wildman–Crippen MR) is 98.6 cm³/mol. The molecule has 4 rings (SSSR count). The number of hydrogen-bond acceptors (Lipinski definition) is 4. The molecule has 1 aliphatic rings. The number of carbonyl (C=O) groups is 1. The summed E-state index contributed by atoms with van der Waals surface area (Å²) in [6.45, 7) is 3.58. The molecule has 27 heavy (non-hydrogen) atoms. The van der Waals surface area contributed by atoms with Crippen LogP contribution >= 0.6 is 0 Å². The number of nitrogens with one attached hydrogen (secondary N) is 2. The summed E-state index contributed by atoms with van der Waals surface area (Å²) in [5.74, 6) is -1.99. The summed E-state index contributed by atoms with van der Waals surface area (Å²) in [6, 6.07) is 4.03. The van der Waals surface area contributed by atoms with E-state index in [0.717, 1.165) is 49.3 Å². The number of benzene rings is 1. The zero-order valence-corrected chi connectivity index (χ0v) is 14.8. The molecule has 0 saturated carbocycles. The predicted octanol–water partition coefficient (Wildman–Crippen LogP) is 3.40. The molecular formula is C19H19F2N5O. The Bertz CT molecular complexity index is 956. The van der Waals surface area contributed by atoms with E-state index in [1.54, 1.807) is 6.20 Å². The number of rotatable bonds is 3. The summed E-state index contributed by atoms with van der Waals surface area (Å²) in [4.78, 5) is 25.8. The average Bonchev–Trinajstić information content (AvgIpc) is 3.03. The summed E-state index contributed by atoms with van der Waals surface area (Å²) < 4.78 is 26.6. The zero-order chi connectivity index (χ0) is 19.0. The van der Waals surface area contributed by atoms with Crippen molar-refractivity contribution in [3.05, 3.63) is 47.8 Å². The topological polar surface area (TPSA) is 73.9 Å². The Kier molecular flexibility index (Phi) is 4.47. The largest absolute Gasteiger partial charge is 0.371 e. The lowest BCUT2D eigenvalue weighted by Crippen LogP contribution is -2.38. The quantitative estimate of drug-likeness (QED) is 0.740. The minimum absolute atomic E-state index is 0.134. The van der Waals surface area contributed by atoms with Gasteiger partial charge >= 0.3 is 0 Å². The molecule has 1 saturated heterocycles. The highest BCUT2D eigenvalue weighted by Crippen LogP contribution is 2.26. The van der Waals surface area contributed by atoms with Crippen LogP contribution in [0.1, 0.15) is 18.4 Å². The Morgan fingerprint density at radius 1 is 1.26 bits per heavy atom. The van der Waals surface area contributed by atoms with Gasteiger partial charge in [0.05, 0.1) is 11.0 Å². The van der Waals surface area contributed by atoms with Crippen molar-refractivity contribution in [2.24, 2.45) is 5.92 Å². The Morgan fingerprint density at radius 2 is 2.00 bits per heavy atom. The first-order chi connectivity index (χ1) is 13.0. The standard InChI is InChI=1S/C19H19F2N5O/c1-11-10-22-5-2-17(11)26-6-3-12(4-7-26)18(27)25-19-23-15-8-13(20)14(21)9-16(15)24-19/h2,5,8-10,12H,3-4,6-7H2,1H3,(H2,23,24,25,27). The van der Waals surface area contributed by atoms with E-state index in [2.05, 4.69) is 25.2 Å². The van der Waals surface area contributed by atoms with Crippen molar-refractivity contribution in [2.45, 2.75) is 19.8 Å². The molecule has 0 bridgehead atoms. The molecule has 6 nitrogen and oxygen atoms in total. The van der Waals surface area contributed by atoms with Gasteiger partial charge in [-0.3, -0.25) is 15.1 Å². The van der Waals surface area contributed by atoms with Crippen molar-refractivity contribution >= 4 is 28.6 Å². The second-order valence-electron chi connectivity index (χ2n) is 6.78. The number of fused-ring (bicyclic) bond motifs is 1. The number of anilines is 2. The van der Waals surface area contributed by atoms with Gasteiger partial charge in [-0.05, 0) is 31.4 Å². The number of piperidine rings is 1. The molecule has 1 amide bonds. The van der Waals surface area contributed by atoms with Crippen LogP contribution in [0.15, 0.2) is 30.6 Å². The van der Waals surface area contributed by atoms with Crippen LogP contribution in [0, 0.1) is 24.5 Å². The van der Waals surface area contributed by atoms with Crippen LogP contribution in [-0.2, 0) is 4.79 Å². The molecule has 0 spiro atoms. The molecular weight excluding hydrogens is 352 g/mol. The number of nitrogens with zero attached hydrogens (tertiary/aromatic N) is 3. The van der Waals surface area contributed by atoms with Crippen molar-refractivity contribution in [1.29, 1.82) is 0 Å². The number of pyridine rings is 1. The number of halogens is 2. The van der Waals surface area contributed by atoms with Gasteiger partial charge in [-0.15, -0.1) is 0 Å². The molecule has 3 heterocycles. The van der Waals surface area contributed by atoms with E-state index in [1.165, 1.54) is 0 Å². The van der Waals surface area contributed by atoms with E-state index in [-0.39, 0.29) is 23.3 Å². The van der Waals surface area contributed by atoms with Gasteiger partial charge in [0.25, 0.3) is 0 Å². The molecule has 0 aliphatic carbocycles. The molecule has 1 fully saturated rings. The van der Waals surface area contributed by atoms with Crippen LogP contribution in [0.25, 0.3) is 11.0 Å². The first kappa shape index (κ1) is 17.4. The van der Waals surface area contributed by atoms with Gasteiger partial charge in [0.2, 0.25) is 11.9 Å². The van der Waals surface area contributed by atoms with Gasteiger partial charge in [0.1, 0.15) is 0 Å².